The molecule has 7 nitrogen and oxygen atoms in total. The lowest BCUT2D eigenvalue weighted by atomic mass is 9.95. The van der Waals surface area contributed by atoms with E-state index in [1.165, 1.54) is 35.2 Å². The molecule has 2 amide bonds. The maximum absolute atomic E-state index is 14.1. The van der Waals surface area contributed by atoms with Gasteiger partial charge in [-0.05, 0) is 74.7 Å². The van der Waals surface area contributed by atoms with Crippen LogP contribution in [-0.2, 0) is 26.2 Å². The summed E-state index contributed by atoms with van der Waals surface area (Å²) in [6.07, 6.45) is 4.99. The second-order valence-corrected chi connectivity index (χ2v) is 13.8. The van der Waals surface area contributed by atoms with Crippen molar-refractivity contribution in [2.24, 2.45) is 0 Å². The highest BCUT2D eigenvalue weighted by molar-refractivity contribution is 7.92. The Labute approximate surface area is 262 Å². The first-order valence-electron chi connectivity index (χ1n) is 13.8. The van der Waals surface area contributed by atoms with Gasteiger partial charge in [0.25, 0.3) is 10.0 Å². The normalized spacial score (nSPS) is 14.7. The van der Waals surface area contributed by atoms with Gasteiger partial charge in [-0.1, -0.05) is 83.9 Å². The molecule has 1 unspecified atom stereocenters. The van der Waals surface area contributed by atoms with Gasteiger partial charge in [0.05, 0.1) is 10.6 Å². The van der Waals surface area contributed by atoms with Crippen LogP contribution in [0.3, 0.4) is 0 Å². The highest BCUT2D eigenvalue weighted by atomic mass is 35.5. The Morgan fingerprint density at radius 2 is 1.55 bits per heavy atom. The maximum atomic E-state index is 14.1. The molecule has 1 aliphatic carbocycles. The van der Waals surface area contributed by atoms with E-state index in [1.807, 2.05) is 6.92 Å². The number of benzene rings is 3. The van der Waals surface area contributed by atoms with E-state index < -0.39 is 28.5 Å². The third-order valence-corrected chi connectivity index (χ3v) is 9.84. The van der Waals surface area contributed by atoms with Crippen molar-refractivity contribution in [2.45, 2.75) is 69.5 Å². The summed E-state index contributed by atoms with van der Waals surface area (Å²) in [6.45, 7) is 2.96. The van der Waals surface area contributed by atoms with Crippen LogP contribution in [0.15, 0.2) is 71.6 Å². The minimum absolute atomic E-state index is 0.00137. The average Bonchev–Trinajstić information content (AvgIpc) is 2.94. The minimum Gasteiger partial charge on any atom is -0.352 e. The molecule has 3 aromatic rings. The van der Waals surface area contributed by atoms with E-state index >= 15 is 0 Å². The molecule has 1 aliphatic rings. The molecule has 224 valence electrons. The van der Waals surface area contributed by atoms with Crippen LogP contribution < -0.4 is 9.62 Å². The zero-order chi connectivity index (χ0) is 30.4. The first-order valence-corrected chi connectivity index (χ1v) is 16.4. The summed E-state index contributed by atoms with van der Waals surface area (Å²) in [6, 6.07) is 16.8. The Morgan fingerprint density at radius 3 is 2.17 bits per heavy atom. The molecule has 42 heavy (non-hydrogen) atoms. The number of amides is 2. The van der Waals surface area contributed by atoms with Gasteiger partial charge in [0, 0.05) is 27.7 Å². The van der Waals surface area contributed by atoms with Crippen LogP contribution in [0.4, 0.5) is 5.69 Å². The van der Waals surface area contributed by atoms with Crippen LogP contribution >= 0.6 is 34.8 Å². The zero-order valence-corrected chi connectivity index (χ0v) is 26.6. The molecule has 3 aromatic carbocycles. The van der Waals surface area contributed by atoms with Gasteiger partial charge in [-0.3, -0.25) is 13.9 Å². The summed E-state index contributed by atoms with van der Waals surface area (Å²) in [5.74, 6) is -0.871. The number of carbonyl (C=O) groups is 2. The van der Waals surface area contributed by atoms with Crippen LogP contribution in [0.1, 0.15) is 50.2 Å². The van der Waals surface area contributed by atoms with E-state index in [0.29, 0.717) is 10.6 Å². The molecule has 0 aromatic heterocycles. The topological polar surface area (TPSA) is 86.8 Å². The Balaban J connectivity index is 1.70. The van der Waals surface area contributed by atoms with E-state index in [1.54, 1.807) is 43.3 Å². The number of hydrogen-bond donors (Lipinski definition) is 1. The molecule has 0 bridgehead atoms. The number of sulfonamides is 1. The standard InChI is InChI=1S/C31H34Cl3N3O4S/c1-21-11-13-29(14-12-21)42(40,41)37(28-17-25(33)16-26(34)18-28)20-30(38)36(19-23-7-6-8-24(32)15-23)22(2)31(39)35-27-9-4-3-5-10-27/h6-8,11-18,22,27H,3-5,9-10,19-20H2,1-2H3,(H,35,39). The first-order chi connectivity index (χ1) is 19.9. The molecule has 1 atom stereocenters. The van der Waals surface area contributed by atoms with Gasteiger partial charge in [0.2, 0.25) is 11.8 Å². The molecule has 1 N–H and O–H groups in total. The predicted octanol–water partition coefficient (Wildman–Crippen LogP) is 7.02. The third kappa shape index (κ3) is 8.19. The van der Waals surface area contributed by atoms with Gasteiger partial charge in [-0.2, -0.15) is 0 Å². The van der Waals surface area contributed by atoms with E-state index in [-0.39, 0.29) is 39.1 Å². The van der Waals surface area contributed by atoms with Crippen molar-refractivity contribution in [1.29, 1.82) is 0 Å². The molecule has 1 fully saturated rings. The second kappa shape index (κ2) is 14.1. The Hall–Kier alpha value is -2.78. The predicted molar refractivity (Wildman–Crippen MR) is 169 cm³/mol. The second-order valence-electron chi connectivity index (χ2n) is 10.6. The van der Waals surface area contributed by atoms with Gasteiger partial charge in [-0.25, -0.2) is 8.42 Å². The van der Waals surface area contributed by atoms with E-state index in [2.05, 4.69) is 5.32 Å². The fraction of sp³-hybridized carbons (Fsp3) is 0.355. The van der Waals surface area contributed by atoms with Crippen molar-refractivity contribution in [3.63, 3.8) is 0 Å². The number of aryl methyl sites for hydroxylation is 1. The lowest BCUT2D eigenvalue weighted by molar-refractivity contribution is -0.139. The van der Waals surface area contributed by atoms with Crippen LogP contribution in [0.5, 0.6) is 0 Å². The average molecular weight is 651 g/mol. The quantitative estimate of drug-likeness (QED) is 0.256. The van der Waals surface area contributed by atoms with Crippen molar-refractivity contribution >= 4 is 62.3 Å². The fourth-order valence-electron chi connectivity index (χ4n) is 5.03. The molecule has 0 spiro atoms. The largest absolute Gasteiger partial charge is 0.352 e. The SMILES string of the molecule is Cc1ccc(S(=O)(=O)N(CC(=O)N(Cc2cccc(Cl)c2)C(C)C(=O)NC2CCCCC2)c2cc(Cl)cc(Cl)c2)cc1. The van der Waals surface area contributed by atoms with Crippen LogP contribution in [0.25, 0.3) is 0 Å². The fourth-order valence-corrected chi connectivity index (χ4v) is 7.16. The van der Waals surface area contributed by atoms with Gasteiger partial charge in [0.1, 0.15) is 12.6 Å². The molecular weight excluding hydrogens is 617 g/mol. The van der Waals surface area contributed by atoms with Gasteiger partial charge in [-0.15, -0.1) is 0 Å². The zero-order valence-electron chi connectivity index (χ0n) is 23.5. The van der Waals surface area contributed by atoms with E-state index in [0.717, 1.165) is 42.0 Å². The Bertz CT molecular complexity index is 1510. The maximum Gasteiger partial charge on any atom is 0.264 e. The number of anilines is 1. The lowest BCUT2D eigenvalue weighted by Crippen LogP contribution is -2.53. The van der Waals surface area contributed by atoms with Crippen LogP contribution in [0, 0.1) is 6.92 Å². The monoisotopic (exact) mass is 649 g/mol. The number of nitrogens with zero attached hydrogens (tertiary/aromatic N) is 2. The van der Waals surface area contributed by atoms with E-state index in [4.69, 9.17) is 34.8 Å². The molecule has 0 aliphatic heterocycles. The van der Waals surface area contributed by atoms with Crippen molar-refractivity contribution < 1.29 is 18.0 Å². The molecule has 4 rings (SSSR count). The smallest absolute Gasteiger partial charge is 0.264 e. The molecule has 0 heterocycles. The van der Waals surface area contributed by atoms with E-state index in [9.17, 15) is 18.0 Å². The summed E-state index contributed by atoms with van der Waals surface area (Å²) >= 11 is 18.7. The molecule has 11 heteroatoms. The highest BCUT2D eigenvalue weighted by Crippen LogP contribution is 2.30. The Morgan fingerprint density at radius 1 is 0.905 bits per heavy atom. The number of rotatable bonds is 10. The van der Waals surface area contributed by atoms with Crippen molar-refractivity contribution in [3.05, 3.63) is 92.9 Å². The van der Waals surface area contributed by atoms with Gasteiger partial charge in [0.15, 0.2) is 0 Å². The summed E-state index contributed by atoms with van der Waals surface area (Å²) < 4.78 is 28.9. The summed E-state index contributed by atoms with van der Waals surface area (Å²) in [5.41, 5.74) is 1.71. The molecule has 0 saturated heterocycles. The van der Waals surface area contributed by atoms with Crippen molar-refractivity contribution in [1.82, 2.24) is 10.2 Å². The van der Waals surface area contributed by atoms with Gasteiger partial charge >= 0.3 is 0 Å². The molecule has 0 radical (unpaired) electrons. The summed E-state index contributed by atoms with van der Waals surface area (Å²) in [4.78, 5) is 28.9. The number of hydrogen-bond acceptors (Lipinski definition) is 4. The van der Waals surface area contributed by atoms with Gasteiger partial charge < -0.3 is 10.2 Å². The van der Waals surface area contributed by atoms with Crippen LogP contribution in [-0.4, -0.2) is 43.8 Å². The molecular formula is C31H34Cl3N3O4S. The summed E-state index contributed by atoms with van der Waals surface area (Å²) in [7, 11) is -4.23. The van der Waals surface area contributed by atoms with Crippen molar-refractivity contribution in [2.75, 3.05) is 10.8 Å². The summed E-state index contributed by atoms with van der Waals surface area (Å²) in [5, 5.41) is 4.00. The number of nitrogens with one attached hydrogen (secondary N) is 1. The van der Waals surface area contributed by atoms with Crippen LogP contribution in [0.2, 0.25) is 15.1 Å². The Kier molecular flexibility index (Phi) is 10.8. The number of carbonyl (C=O) groups excluding carboxylic acids is 2. The first kappa shape index (κ1) is 32.1. The lowest BCUT2D eigenvalue weighted by Gasteiger charge is -2.33. The van der Waals surface area contributed by atoms with Crippen molar-refractivity contribution in [3.8, 4) is 0 Å². The third-order valence-electron chi connectivity index (χ3n) is 7.38. The molecule has 1 saturated carbocycles. The highest BCUT2D eigenvalue weighted by Gasteiger charge is 2.33. The number of halogens is 3. The minimum atomic E-state index is -4.23.